The fraction of sp³-hybridized carbons (Fsp3) is 0.600. The number of alkyl halides is 3. The highest BCUT2D eigenvalue weighted by atomic mass is 35.5. The van der Waals surface area contributed by atoms with E-state index in [4.69, 9.17) is 11.6 Å². The molecule has 1 aliphatic heterocycles. The van der Waals surface area contributed by atoms with Crippen LogP contribution in [0.25, 0.3) is 0 Å². The van der Waals surface area contributed by atoms with Crippen LogP contribution >= 0.6 is 11.6 Å². The zero-order valence-corrected chi connectivity index (χ0v) is 12.9. The summed E-state index contributed by atoms with van der Waals surface area (Å²) < 4.78 is 38.4. The molecule has 1 atom stereocenters. The first-order valence-corrected chi connectivity index (χ1v) is 7.50. The SMILES string of the molecule is CC(C)NCC1CCN(c2cc(C(F)(F)F)ccc2Cl)C1. The maximum atomic E-state index is 12.8. The third kappa shape index (κ3) is 4.27. The summed E-state index contributed by atoms with van der Waals surface area (Å²) in [7, 11) is 0. The van der Waals surface area contributed by atoms with Crippen LogP contribution < -0.4 is 10.2 Å². The van der Waals surface area contributed by atoms with Gasteiger partial charge in [0.2, 0.25) is 0 Å². The molecule has 0 saturated carbocycles. The number of hydrogen-bond acceptors (Lipinski definition) is 2. The minimum absolute atomic E-state index is 0.375. The van der Waals surface area contributed by atoms with Gasteiger partial charge in [0.05, 0.1) is 16.3 Å². The van der Waals surface area contributed by atoms with Crippen LogP contribution in [0.15, 0.2) is 18.2 Å². The van der Waals surface area contributed by atoms with Gasteiger partial charge in [-0.3, -0.25) is 0 Å². The summed E-state index contributed by atoms with van der Waals surface area (Å²) in [4.78, 5) is 1.95. The molecule has 118 valence electrons. The Labute approximate surface area is 128 Å². The Morgan fingerprint density at radius 1 is 1.38 bits per heavy atom. The zero-order chi connectivity index (χ0) is 15.6. The first kappa shape index (κ1) is 16.4. The van der Waals surface area contributed by atoms with Crippen LogP contribution in [-0.2, 0) is 6.18 Å². The molecule has 0 aromatic heterocycles. The van der Waals surface area contributed by atoms with Crippen molar-refractivity contribution in [2.24, 2.45) is 5.92 Å². The van der Waals surface area contributed by atoms with E-state index in [-0.39, 0.29) is 0 Å². The lowest BCUT2D eigenvalue weighted by Gasteiger charge is -2.22. The fourth-order valence-corrected chi connectivity index (χ4v) is 2.79. The van der Waals surface area contributed by atoms with Crippen molar-refractivity contribution in [3.05, 3.63) is 28.8 Å². The van der Waals surface area contributed by atoms with Gasteiger partial charge in [-0.15, -0.1) is 0 Å². The van der Waals surface area contributed by atoms with E-state index in [2.05, 4.69) is 19.2 Å². The van der Waals surface area contributed by atoms with Gasteiger partial charge in [-0.25, -0.2) is 0 Å². The Bertz CT molecular complexity index is 488. The van der Waals surface area contributed by atoms with E-state index in [1.54, 1.807) is 0 Å². The molecular formula is C15H20ClF3N2. The maximum absolute atomic E-state index is 12.8. The van der Waals surface area contributed by atoms with Gasteiger partial charge in [0.15, 0.2) is 0 Å². The zero-order valence-electron chi connectivity index (χ0n) is 12.2. The minimum atomic E-state index is -4.34. The summed E-state index contributed by atoms with van der Waals surface area (Å²) in [6, 6.07) is 3.93. The first-order chi connectivity index (χ1) is 9.77. The van der Waals surface area contributed by atoms with Crippen LogP contribution in [0, 0.1) is 5.92 Å². The highest BCUT2D eigenvalue weighted by Gasteiger charge is 2.32. The smallest absolute Gasteiger partial charge is 0.370 e. The molecule has 1 saturated heterocycles. The number of nitrogens with zero attached hydrogens (tertiary/aromatic N) is 1. The lowest BCUT2D eigenvalue weighted by molar-refractivity contribution is -0.137. The molecule has 0 aliphatic carbocycles. The van der Waals surface area contributed by atoms with E-state index in [0.717, 1.165) is 38.2 Å². The quantitative estimate of drug-likeness (QED) is 0.895. The topological polar surface area (TPSA) is 15.3 Å². The van der Waals surface area contributed by atoms with Gasteiger partial charge in [-0.1, -0.05) is 25.4 Å². The highest BCUT2D eigenvalue weighted by molar-refractivity contribution is 6.33. The Hall–Kier alpha value is -0.940. The summed E-state index contributed by atoms with van der Waals surface area (Å²) in [6.45, 7) is 6.52. The number of hydrogen-bond donors (Lipinski definition) is 1. The van der Waals surface area contributed by atoms with Crippen molar-refractivity contribution < 1.29 is 13.2 Å². The highest BCUT2D eigenvalue weighted by Crippen LogP contribution is 2.37. The van der Waals surface area contributed by atoms with Crippen LogP contribution in [0.4, 0.5) is 18.9 Å². The van der Waals surface area contributed by atoms with Gasteiger partial charge in [0.25, 0.3) is 0 Å². The van der Waals surface area contributed by atoms with E-state index in [1.807, 2.05) is 4.90 Å². The molecule has 1 aromatic carbocycles. The molecule has 2 nitrogen and oxygen atoms in total. The second-order valence-corrected chi connectivity index (χ2v) is 6.23. The van der Waals surface area contributed by atoms with Crippen molar-refractivity contribution in [2.45, 2.75) is 32.5 Å². The van der Waals surface area contributed by atoms with E-state index >= 15 is 0 Å². The number of anilines is 1. The first-order valence-electron chi connectivity index (χ1n) is 7.12. The molecule has 1 N–H and O–H groups in total. The monoisotopic (exact) mass is 320 g/mol. The summed E-state index contributed by atoms with van der Waals surface area (Å²) in [5.74, 6) is 0.443. The lowest BCUT2D eigenvalue weighted by Crippen LogP contribution is -2.30. The maximum Gasteiger partial charge on any atom is 0.416 e. The van der Waals surface area contributed by atoms with Gasteiger partial charge in [-0.05, 0) is 37.1 Å². The number of benzene rings is 1. The van der Waals surface area contributed by atoms with E-state index < -0.39 is 11.7 Å². The van der Waals surface area contributed by atoms with Gasteiger partial charge >= 0.3 is 6.18 Å². The van der Waals surface area contributed by atoms with Crippen molar-refractivity contribution in [3.63, 3.8) is 0 Å². The molecule has 1 unspecified atom stereocenters. The van der Waals surface area contributed by atoms with Crippen molar-refractivity contribution in [2.75, 3.05) is 24.5 Å². The molecule has 0 amide bonds. The summed E-state index contributed by atoms with van der Waals surface area (Å²) in [5.41, 5.74) is -0.163. The molecule has 1 fully saturated rings. The largest absolute Gasteiger partial charge is 0.416 e. The molecular weight excluding hydrogens is 301 g/mol. The third-order valence-electron chi connectivity index (χ3n) is 3.71. The van der Waals surface area contributed by atoms with Crippen molar-refractivity contribution in [3.8, 4) is 0 Å². The standard InChI is InChI=1S/C15H20ClF3N2/c1-10(2)20-8-11-5-6-21(9-11)14-7-12(15(17,18)19)3-4-13(14)16/h3-4,7,10-11,20H,5-6,8-9H2,1-2H3. The molecule has 6 heteroatoms. The van der Waals surface area contributed by atoms with Crippen LogP contribution in [0.1, 0.15) is 25.8 Å². The van der Waals surface area contributed by atoms with Crippen LogP contribution in [0.3, 0.4) is 0 Å². The number of nitrogens with one attached hydrogen (secondary N) is 1. The molecule has 21 heavy (non-hydrogen) atoms. The Morgan fingerprint density at radius 3 is 2.71 bits per heavy atom. The second-order valence-electron chi connectivity index (χ2n) is 5.83. The van der Waals surface area contributed by atoms with E-state index in [1.165, 1.54) is 6.07 Å². The number of rotatable bonds is 4. The molecule has 0 spiro atoms. The van der Waals surface area contributed by atoms with Crippen molar-refractivity contribution in [1.82, 2.24) is 5.32 Å². The minimum Gasteiger partial charge on any atom is -0.370 e. The predicted molar refractivity (Wildman–Crippen MR) is 79.9 cm³/mol. The van der Waals surface area contributed by atoms with Crippen LogP contribution in [0.2, 0.25) is 5.02 Å². The summed E-state index contributed by atoms with van der Waals surface area (Å²) in [6.07, 6.45) is -3.37. The Morgan fingerprint density at radius 2 is 2.10 bits per heavy atom. The second kappa shape index (κ2) is 6.44. The molecule has 0 bridgehead atoms. The van der Waals surface area contributed by atoms with Gasteiger partial charge < -0.3 is 10.2 Å². The van der Waals surface area contributed by atoms with Crippen LogP contribution in [-0.4, -0.2) is 25.7 Å². The average molecular weight is 321 g/mol. The Balaban J connectivity index is 2.09. The van der Waals surface area contributed by atoms with E-state index in [0.29, 0.717) is 22.7 Å². The lowest BCUT2D eigenvalue weighted by atomic mass is 10.1. The fourth-order valence-electron chi connectivity index (χ4n) is 2.55. The predicted octanol–water partition coefficient (Wildman–Crippen LogP) is 4.18. The van der Waals surface area contributed by atoms with E-state index in [9.17, 15) is 13.2 Å². The van der Waals surface area contributed by atoms with Gasteiger partial charge in [0.1, 0.15) is 0 Å². The summed E-state index contributed by atoms with van der Waals surface area (Å²) in [5, 5.41) is 3.75. The van der Waals surface area contributed by atoms with Crippen molar-refractivity contribution in [1.29, 1.82) is 0 Å². The van der Waals surface area contributed by atoms with Crippen LogP contribution in [0.5, 0.6) is 0 Å². The molecule has 2 rings (SSSR count). The normalized spacial score (nSPS) is 19.6. The van der Waals surface area contributed by atoms with Gasteiger partial charge in [-0.2, -0.15) is 13.2 Å². The Kier molecular flexibility index (Phi) is 5.04. The third-order valence-corrected chi connectivity index (χ3v) is 4.03. The average Bonchev–Trinajstić information content (AvgIpc) is 2.84. The molecule has 1 aliphatic rings. The molecule has 1 aromatic rings. The molecule has 1 heterocycles. The molecule has 0 radical (unpaired) electrons. The van der Waals surface area contributed by atoms with Gasteiger partial charge in [0, 0.05) is 19.1 Å². The summed E-state index contributed by atoms with van der Waals surface area (Å²) >= 11 is 6.08. The number of halogens is 4. The van der Waals surface area contributed by atoms with Crippen molar-refractivity contribution >= 4 is 17.3 Å².